The first-order valence-electron chi connectivity index (χ1n) is 3.66. The second-order valence-electron chi connectivity index (χ2n) is 2.54. The molecular formula is C10H11NaO2. The van der Waals surface area contributed by atoms with E-state index in [-0.39, 0.29) is 42.5 Å². The molecule has 0 aliphatic carbocycles. The third kappa shape index (κ3) is 4.88. The summed E-state index contributed by atoms with van der Waals surface area (Å²) in [5.74, 6) is 0.248. The fraction of sp³-hybridized carbons (Fsp3) is 0.100. The van der Waals surface area contributed by atoms with Crippen molar-refractivity contribution in [3.63, 3.8) is 0 Å². The number of hydrogen-bond donors (Lipinski definition) is 1. The van der Waals surface area contributed by atoms with Crippen molar-refractivity contribution >= 4 is 11.9 Å². The van der Waals surface area contributed by atoms with E-state index < -0.39 is 0 Å². The molecule has 0 aliphatic heterocycles. The van der Waals surface area contributed by atoms with Gasteiger partial charge in [-0.15, -0.1) is 0 Å². The molecule has 2 nitrogen and oxygen atoms in total. The first kappa shape index (κ1) is 12.4. The summed E-state index contributed by atoms with van der Waals surface area (Å²) in [6.07, 6.45) is 3.20. The van der Waals surface area contributed by atoms with Gasteiger partial charge >= 0.3 is 29.6 Å². The van der Waals surface area contributed by atoms with Gasteiger partial charge in [0.15, 0.2) is 5.78 Å². The summed E-state index contributed by atoms with van der Waals surface area (Å²) >= 11 is 0. The first-order valence-corrected chi connectivity index (χ1v) is 3.66. The zero-order chi connectivity index (χ0) is 8.97. The molecule has 0 radical (unpaired) electrons. The Bertz CT molecular complexity index is 306. The molecule has 0 heterocycles. The Labute approximate surface area is 101 Å². The number of ketones is 1. The standard InChI is InChI=1S/C10H10O2.Na.H/c1-8(11)2-3-9-4-6-10(12)7-5-9;;/h2-7,12H,1H3;;/q;+1;-1. The number of hydrogen-bond acceptors (Lipinski definition) is 2. The van der Waals surface area contributed by atoms with Crippen LogP contribution in [0.1, 0.15) is 13.9 Å². The van der Waals surface area contributed by atoms with E-state index in [1.807, 2.05) is 0 Å². The molecule has 0 fully saturated rings. The quantitative estimate of drug-likeness (QED) is 0.480. The van der Waals surface area contributed by atoms with Crippen LogP contribution in [-0.2, 0) is 4.79 Å². The minimum absolute atomic E-state index is 0. The summed E-state index contributed by atoms with van der Waals surface area (Å²) in [6.45, 7) is 1.50. The molecular weight excluding hydrogens is 175 g/mol. The first-order chi connectivity index (χ1) is 5.68. The van der Waals surface area contributed by atoms with Gasteiger partial charge in [-0.2, -0.15) is 0 Å². The summed E-state index contributed by atoms with van der Waals surface area (Å²) in [6, 6.07) is 6.66. The van der Waals surface area contributed by atoms with E-state index in [4.69, 9.17) is 5.11 Å². The van der Waals surface area contributed by atoms with Gasteiger partial charge in [0.25, 0.3) is 0 Å². The van der Waals surface area contributed by atoms with E-state index in [1.54, 1.807) is 30.3 Å². The molecule has 64 valence electrons. The average molecular weight is 186 g/mol. The summed E-state index contributed by atoms with van der Waals surface area (Å²) in [7, 11) is 0. The molecule has 0 saturated carbocycles. The second-order valence-corrected chi connectivity index (χ2v) is 2.54. The Kier molecular flexibility index (Phi) is 5.71. The van der Waals surface area contributed by atoms with Gasteiger partial charge < -0.3 is 6.53 Å². The van der Waals surface area contributed by atoms with Gasteiger partial charge in [0.05, 0.1) is 0 Å². The molecule has 1 rings (SSSR count). The second kappa shape index (κ2) is 5.97. The zero-order valence-electron chi connectivity index (χ0n) is 8.82. The average Bonchev–Trinajstić information content (AvgIpc) is 2.03. The van der Waals surface area contributed by atoms with Crippen LogP contribution in [0.2, 0.25) is 0 Å². The largest absolute Gasteiger partial charge is 1.00 e. The number of allylic oxidation sites excluding steroid dienone is 1. The maximum atomic E-state index is 10.5. The smallest absolute Gasteiger partial charge is 1.00 e. The van der Waals surface area contributed by atoms with E-state index in [0.29, 0.717) is 0 Å². The number of phenols is 1. The topological polar surface area (TPSA) is 37.3 Å². The summed E-state index contributed by atoms with van der Waals surface area (Å²) in [5, 5.41) is 8.94. The molecule has 0 bridgehead atoms. The van der Waals surface area contributed by atoms with Crippen molar-refractivity contribution in [1.29, 1.82) is 0 Å². The molecule has 0 spiro atoms. The van der Waals surface area contributed by atoms with Gasteiger partial charge in [-0.25, -0.2) is 0 Å². The van der Waals surface area contributed by atoms with Crippen LogP contribution in [0.4, 0.5) is 0 Å². The van der Waals surface area contributed by atoms with Gasteiger partial charge in [0, 0.05) is 0 Å². The minimum Gasteiger partial charge on any atom is -1.00 e. The Morgan fingerprint density at radius 2 is 1.92 bits per heavy atom. The van der Waals surface area contributed by atoms with Crippen LogP contribution < -0.4 is 29.6 Å². The number of benzene rings is 1. The number of carbonyl (C=O) groups excluding carboxylic acids is 1. The molecule has 0 aromatic heterocycles. The summed E-state index contributed by atoms with van der Waals surface area (Å²) in [4.78, 5) is 10.5. The molecule has 1 N–H and O–H groups in total. The molecule has 0 unspecified atom stereocenters. The Balaban J connectivity index is 0. The van der Waals surface area contributed by atoms with Crippen molar-refractivity contribution in [2.75, 3.05) is 0 Å². The molecule has 1 aromatic rings. The molecule has 3 heteroatoms. The van der Waals surface area contributed by atoms with Crippen molar-refractivity contribution < 1.29 is 40.9 Å². The van der Waals surface area contributed by atoms with E-state index in [9.17, 15) is 4.79 Å². The molecule has 13 heavy (non-hydrogen) atoms. The van der Waals surface area contributed by atoms with Crippen LogP contribution in [0.25, 0.3) is 6.08 Å². The van der Waals surface area contributed by atoms with Gasteiger partial charge in [-0.3, -0.25) is 4.79 Å². The SMILES string of the molecule is CC(=O)C=Cc1ccc(O)cc1.[H-].[Na+]. The Morgan fingerprint density at radius 1 is 1.38 bits per heavy atom. The van der Waals surface area contributed by atoms with Crippen LogP contribution in [0, 0.1) is 0 Å². The van der Waals surface area contributed by atoms with Crippen molar-refractivity contribution in [3.05, 3.63) is 35.9 Å². The maximum Gasteiger partial charge on any atom is 1.00 e. The van der Waals surface area contributed by atoms with Gasteiger partial charge in [0.2, 0.25) is 0 Å². The predicted octanol–water partition coefficient (Wildman–Crippen LogP) is -0.889. The molecule has 0 atom stereocenters. The third-order valence-electron chi connectivity index (χ3n) is 1.40. The third-order valence-corrected chi connectivity index (χ3v) is 1.40. The monoisotopic (exact) mass is 186 g/mol. The van der Waals surface area contributed by atoms with Crippen LogP contribution >= 0.6 is 0 Å². The van der Waals surface area contributed by atoms with Crippen molar-refractivity contribution in [3.8, 4) is 5.75 Å². The van der Waals surface area contributed by atoms with E-state index in [2.05, 4.69) is 0 Å². The number of aromatic hydroxyl groups is 1. The maximum absolute atomic E-state index is 10.5. The number of phenolic OH excluding ortho intramolecular Hbond substituents is 1. The minimum atomic E-state index is 0. The van der Waals surface area contributed by atoms with E-state index in [0.717, 1.165) is 5.56 Å². The number of rotatable bonds is 2. The van der Waals surface area contributed by atoms with E-state index in [1.165, 1.54) is 13.0 Å². The van der Waals surface area contributed by atoms with Crippen molar-refractivity contribution in [1.82, 2.24) is 0 Å². The fourth-order valence-electron chi connectivity index (χ4n) is 0.799. The summed E-state index contributed by atoms with van der Waals surface area (Å²) < 4.78 is 0. The Morgan fingerprint density at radius 3 is 2.38 bits per heavy atom. The van der Waals surface area contributed by atoms with E-state index >= 15 is 0 Å². The van der Waals surface area contributed by atoms with Crippen LogP contribution in [-0.4, -0.2) is 10.9 Å². The predicted molar refractivity (Wildman–Crippen MR) is 48.9 cm³/mol. The number of carbonyl (C=O) groups is 1. The van der Waals surface area contributed by atoms with Crippen LogP contribution in [0.3, 0.4) is 0 Å². The zero-order valence-corrected chi connectivity index (χ0v) is 9.82. The van der Waals surface area contributed by atoms with Gasteiger partial charge in [0.1, 0.15) is 5.75 Å². The summed E-state index contributed by atoms with van der Waals surface area (Å²) in [5.41, 5.74) is 0.906. The fourth-order valence-corrected chi connectivity index (χ4v) is 0.799. The van der Waals surface area contributed by atoms with Gasteiger partial charge in [-0.1, -0.05) is 18.2 Å². The molecule has 1 aromatic carbocycles. The van der Waals surface area contributed by atoms with Crippen LogP contribution in [0.15, 0.2) is 30.3 Å². The molecule has 0 aliphatic rings. The van der Waals surface area contributed by atoms with Gasteiger partial charge in [-0.05, 0) is 30.7 Å². The normalized spacial score (nSPS) is 9.62. The van der Waals surface area contributed by atoms with Crippen molar-refractivity contribution in [2.24, 2.45) is 0 Å². The van der Waals surface area contributed by atoms with Crippen LogP contribution in [0.5, 0.6) is 5.75 Å². The molecule has 0 saturated heterocycles. The van der Waals surface area contributed by atoms with Crippen molar-refractivity contribution in [2.45, 2.75) is 6.92 Å². The Hall–Kier alpha value is -0.570. The molecule has 0 amide bonds.